The molecule has 0 aromatic heterocycles. The molecular formula is C22H30N4O4. The second kappa shape index (κ2) is 11.5. The van der Waals surface area contributed by atoms with E-state index in [9.17, 15) is 9.90 Å². The molecule has 1 unspecified atom stereocenters. The second-order valence-corrected chi connectivity index (χ2v) is 6.54. The van der Waals surface area contributed by atoms with E-state index in [-0.39, 0.29) is 17.7 Å². The Balaban J connectivity index is 1.97. The van der Waals surface area contributed by atoms with Crippen LogP contribution in [-0.4, -0.2) is 50.8 Å². The molecule has 0 radical (unpaired) electrons. The number of methoxy groups -OCH3 is 2. The minimum atomic E-state index is -0.211. The molecule has 4 N–H and O–H groups in total. The number of nitrogens with one attached hydrogen (secondary N) is 3. The standard InChI is InChI=1S/C22H30N4O4/c1-5-23-22(25-13-12-24-21(28)16-6-8-17(27)9-7-16)26-15(2)19-14-18(29-3)10-11-20(19)30-4/h6-11,14-15,27H,5,12-13H2,1-4H3,(H,24,28)(H2,23,25,26). The average molecular weight is 415 g/mol. The SMILES string of the molecule is CCNC(=NCCNC(=O)c1ccc(O)cc1)NC(C)c1cc(OC)ccc1OC. The topological polar surface area (TPSA) is 104 Å². The van der Waals surface area contributed by atoms with Crippen LogP contribution in [0.2, 0.25) is 0 Å². The predicted molar refractivity (Wildman–Crippen MR) is 118 cm³/mol. The van der Waals surface area contributed by atoms with Gasteiger partial charge in [0.05, 0.1) is 26.8 Å². The molecule has 0 saturated carbocycles. The van der Waals surface area contributed by atoms with Crippen LogP contribution in [0.4, 0.5) is 0 Å². The number of rotatable bonds is 9. The minimum absolute atomic E-state index is 0.0839. The first-order chi connectivity index (χ1) is 14.5. The molecule has 0 heterocycles. The van der Waals surface area contributed by atoms with Gasteiger partial charge < -0.3 is 30.5 Å². The van der Waals surface area contributed by atoms with E-state index < -0.39 is 0 Å². The van der Waals surface area contributed by atoms with Gasteiger partial charge >= 0.3 is 0 Å². The van der Waals surface area contributed by atoms with E-state index in [2.05, 4.69) is 20.9 Å². The predicted octanol–water partition coefficient (Wildman–Crippen LogP) is 2.46. The van der Waals surface area contributed by atoms with Crippen LogP contribution in [0.25, 0.3) is 0 Å². The second-order valence-electron chi connectivity index (χ2n) is 6.54. The fraction of sp³-hybridized carbons (Fsp3) is 0.364. The van der Waals surface area contributed by atoms with Crippen molar-refractivity contribution in [3.63, 3.8) is 0 Å². The number of hydrogen-bond donors (Lipinski definition) is 4. The number of amides is 1. The number of hydrogen-bond acceptors (Lipinski definition) is 5. The van der Waals surface area contributed by atoms with E-state index >= 15 is 0 Å². The molecule has 162 valence electrons. The average Bonchev–Trinajstić information content (AvgIpc) is 2.76. The molecule has 0 aliphatic heterocycles. The lowest BCUT2D eigenvalue weighted by Gasteiger charge is -2.21. The smallest absolute Gasteiger partial charge is 0.251 e. The maximum atomic E-state index is 12.1. The molecule has 8 heteroatoms. The molecule has 8 nitrogen and oxygen atoms in total. The van der Waals surface area contributed by atoms with Gasteiger partial charge in [-0.2, -0.15) is 0 Å². The van der Waals surface area contributed by atoms with Gasteiger partial charge in [0.2, 0.25) is 0 Å². The number of aliphatic imine (C=N–C) groups is 1. The van der Waals surface area contributed by atoms with E-state index in [0.29, 0.717) is 31.2 Å². The van der Waals surface area contributed by atoms with E-state index in [1.807, 2.05) is 32.0 Å². The highest BCUT2D eigenvalue weighted by molar-refractivity contribution is 5.94. The molecule has 0 fully saturated rings. The van der Waals surface area contributed by atoms with Gasteiger partial charge in [0.1, 0.15) is 17.2 Å². The number of phenols is 1. The highest BCUT2D eigenvalue weighted by Crippen LogP contribution is 2.29. The molecule has 0 aliphatic carbocycles. The lowest BCUT2D eigenvalue weighted by atomic mass is 10.1. The zero-order valence-corrected chi connectivity index (χ0v) is 17.9. The normalized spacial score (nSPS) is 12.1. The molecule has 1 amide bonds. The number of benzene rings is 2. The summed E-state index contributed by atoms with van der Waals surface area (Å²) in [5.74, 6) is 2.05. The molecule has 2 rings (SSSR count). The molecule has 0 aliphatic rings. The molecule has 0 spiro atoms. The Hall–Kier alpha value is -3.42. The van der Waals surface area contributed by atoms with Crippen molar-refractivity contribution in [3.05, 3.63) is 53.6 Å². The summed E-state index contributed by atoms with van der Waals surface area (Å²) >= 11 is 0. The molecule has 0 saturated heterocycles. The van der Waals surface area contributed by atoms with Crippen LogP contribution in [0, 0.1) is 0 Å². The Kier molecular flexibility index (Phi) is 8.80. The Morgan fingerprint density at radius 1 is 1.10 bits per heavy atom. The Bertz CT molecular complexity index is 853. The number of ether oxygens (including phenoxy) is 2. The number of carbonyl (C=O) groups excluding carboxylic acids is 1. The van der Waals surface area contributed by atoms with Crippen molar-refractivity contribution in [1.82, 2.24) is 16.0 Å². The minimum Gasteiger partial charge on any atom is -0.508 e. The molecule has 2 aromatic carbocycles. The number of nitrogens with zero attached hydrogens (tertiary/aromatic N) is 1. The lowest BCUT2D eigenvalue weighted by Crippen LogP contribution is -2.39. The van der Waals surface area contributed by atoms with Gasteiger partial charge in [0.25, 0.3) is 5.91 Å². The fourth-order valence-electron chi connectivity index (χ4n) is 2.83. The summed E-state index contributed by atoms with van der Waals surface area (Å²) in [7, 11) is 3.26. The quantitative estimate of drug-likeness (QED) is 0.285. The van der Waals surface area contributed by atoms with Crippen molar-refractivity contribution in [2.45, 2.75) is 19.9 Å². The summed E-state index contributed by atoms with van der Waals surface area (Å²) in [6, 6.07) is 11.7. The third-order valence-electron chi connectivity index (χ3n) is 4.40. The van der Waals surface area contributed by atoms with Crippen LogP contribution in [0.15, 0.2) is 47.5 Å². The van der Waals surface area contributed by atoms with E-state index in [4.69, 9.17) is 9.47 Å². The number of carbonyl (C=O) groups is 1. The van der Waals surface area contributed by atoms with Crippen LogP contribution in [0.3, 0.4) is 0 Å². The van der Waals surface area contributed by atoms with Gasteiger partial charge in [-0.05, 0) is 56.3 Å². The molecule has 2 aromatic rings. The first-order valence-electron chi connectivity index (χ1n) is 9.82. The first kappa shape index (κ1) is 22.9. The molecule has 30 heavy (non-hydrogen) atoms. The third-order valence-corrected chi connectivity index (χ3v) is 4.40. The zero-order chi connectivity index (χ0) is 21.9. The first-order valence-corrected chi connectivity index (χ1v) is 9.82. The largest absolute Gasteiger partial charge is 0.508 e. The van der Waals surface area contributed by atoms with Crippen molar-refractivity contribution < 1.29 is 19.4 Å². The summed E-state index contributed by atoms with van der Waals surface area (Å²) in [5, 5.41) is 18.7. The van der Waals surface area contributed by atoms with Crippen molar-refractivity contribution >= 4 is 11.9 Å². The molecule has 1 atom stereocenters. The highest BCUT2D eigenvalue weighted by Gasteiger charge is 2.14. The van der Waals surface area contributed by atoms with Crippen LogP contribution in [0.5, 0.6) is 17.2 Å². The maximum absolute atomic E-state index is 12.1. The number of guanidine groups is 1. The van der Waals surface area contributed by atoms with Crippen molar-refractivity contribution in [3.8, 4) is 17.2 Å². The Morgan fingerprint density at radius 2 is 1.83 bits per heavy atom. The van der Waals surface area contributed by atoms with Gasteiger partial charge in [-0.25, -0.2) is 0 Å². The van der Waals surface area contributed by atoms with Gasteiger partial charge in [-0.1, -0.05) is 0 Å². The van der Waals surface area contributed by atoms with E-state index in [0.717, 1.165) is 17.1 Å². The summed E-state index contributed by atoms with van der Waals surface area (Å²) in [6.07, 6.45) is 0. The fourth-order valence-corrected chi connectivity index (χ4v) is 2.83. The van der Waals surface area contributed by atoms with Crippen molar-refractivity contribution in [2.24, 2.45) is 4.99 Å². The van der Waals surface area contributed by atoms with Gasteiger partial charge in [0, 0.05) is 24.2 Å². The van der Waals surface area contributed by atoms with Crippen molar-refractivity contribution in [1.29, 1.82) is 0 Å². The maximum Gasteiger partial charge on any atom is 0.251 e. The van der Waals surface area contributed by atoms with E-state index in [1.165, 1.54) is 12.1 Å². The van der Waals surface area contributed by atoms with Crippen LogP contribution < -0.4 is 25.4 Å². The van der Waals surface area contributed by atoms with Crippen molar-refractivity contribution in [2.75, 3.05) is 33.9 Å². The Labute approximate surface area is 177 Å². The Morgan fingerprint density at radius 3 is 2.47 bits per heavy atom. The lowest BCUT2D eigenvalue weighted by molar-refractivity contribution is 0.0955. The summed E-state index contributed by atoms with van der Waals surface area (Å²) in [6.45, 7) is 5.49. The van der Waals surface area contributed by atoms with Gasteiger partial charge in [-0.15, -0.1) is 0 Å². The van der Waals surface area contributed by atoms with Gasteiger partial charge in [-0.3, -0.25) is 9.79 Å². The summed E-state index contributed by atoms with van der Waals surface area (Å²) in [4.78, 5) is 16.6. The zero-order valence-electron chi connectivity index (χ0n) is 17.9. The third kappa shape index (κ3) is 6.58. The highest BCUT2D eigenvalue weighted by atomic mass is 16.5. The number of aromatic hydroxyl groups is 1. The van der Waals surface area contributed by atoms with Crippen LogP contribution in [-0.2, 0) is 0 Å². The monoisotopic (exact) mass is 414 g/mol. The summed E-state index contributed by atoms with van der Waals surface area (Å²) in [5.41, 5.74) is 1.43. The van der Waals surface area contributed by atoms with Gasteiger partial charge in [0.15, 0.2) is 5.96 Å². The summed E-state index contributed by atoms with van der Waals surface area (Å²) < 4.78 is 10.8. The number of phenolic OH excluding ortho intramolecular Hbond substituents is 1. The van der Waals surface area contributed by atoms with E-state index in [1.54, 1.807) is 26.4 Å². The molecule has 0 bridgehead atoms. The van der Waals surface area contributed by atoms with Crippen LogP contribution in [0.1, 0.15) is 35.8 Å². The molecular weight excluding hydrogens is 384 g/mol. The van der Waals surface area contributed by atoms with Crippen LogP contribution >= 0.6 is 0 Å².